The lowest BCUT2D eigenvalue weighted by Gasteiger charge is -2.31. The summed E-state index contributed by atoms with van der Waals surface area (Å²) in [5.74, 6) is 0.290. The normalized spacial score (nSPS) is 24.5. The second-order valence-electron chi connectivity index (χ2n) is 7.53. The molecule has 1 aliphatic heterocycles. The maximum Gasteiger partial charge on any atom is 0.244 e. The molecule has 2 aliphatic rings. The van der Waals surface area contributed by atoms with Gasteiger partial charge in [0.2, 0.25) is 5.91 Å². The molecule has 1 aromatic rings. The van der Waals surface area contributed by atoms with Crippen molar-refractivity contribution in [2.75, 3.05) is 6.54 Å². The Kier molecular flexibility index (Phi) is 2.94. The van der Waals surface area contributed by atoms with Crippen LogP contribution in [0.25, 0.3) is 0 Å². The minimum absolute atomic E-state index is 0.0322. The number of carbonyl (C=O) groups is 1. The van der Waals surface area contributed by atoms with E-state index in [1.807, 2.05) is 4.90 Å². The van der Waals surface area contributed by atoms with E-state index in [0.29, 0.717) is 0 Å². The van der Waals surface area contributed by atoms with E-state index in [9.17, 15) is 4.79 Å². The molecule has 3 nitrogen and oxygen atoms in total. The van der Waals surface area contributed by atoms with Crippen LogP contribution in [0, 0.1) is 12.3 Å². The van der Waals surface area contributed by atoms with E-state index in [0.717, 1.165) is 19.4 Å². The number of carbonyl (C=O) groups excluding carboxylic acids is 1. The van der Waals surface area contributed by atoms with Crippen LogP contribution in [0.5, 0.6) is 0 Å². The molecule has 1 spiro atoms. The summed E-state index contributed by atoms with van der Waals surface area (Å²) in [5, 5.41) is 3.58. The van der Waals surface area contributed by atoms with Crippen molar-refractivity contribution in [3.05, 3.63) is 35.4 Å². The van der Waals surface area contributed by atoms with Crippen molar-refractivity contribution in [3.8, 4) is 0 Å². The first-order chi connectivity index (χ1) is 9.31. The summed E-state index contributed by atoms with van der Waals surface area (Å²) in [4.78, 5) is 14.7. The largest absolute Gasteiger partial charge is 0.321 e. The molecular formula is C17H24N2O. The van der Waals surface area contributed by atoms with Crippen molar-refractivity contribution in [1.29, 1.82) is 0 Å². The minimum atomic E-state index is -0.249. The monoisotopic (exact) mass is 272 g/mol. The van der Waals surface area contributed by atoms with Gasteiger partial charge in [-0.3, -0.25) is 10.1 Å². The number of rotatable bonds is 2. The predicted octanol–water partition coefficient (Wildman–Crippen LogP) is 3.00. The second-order valence-corrected chi connectivity index (χ2v) is 7.53. The van der Waals surface area contributed by atoms with Gasteiger partial charge in [-0.15, -0.1) is 0 Å². The molecule has 1 amide bonds. The van der Waals surface area contributed by atoms with Gasteiger partial charge in [0.1, 0.15) is 11.7 Å². The van der Waals surface area contributed by atoms with Crippen LogP contribution in [0.15, 0.2) is 24.3 Å². The van der Waals surface area contributed by atoms with E-state index in [1.165, 1.54) is 11.1 Å². The van der Waals surface area contributed by atoms with E-state index in [2.05, 4.69) is 57.3 Å². The molecule has 1 unspecified atom stereocenters. The van der Waals surface area contributed by atoms with Gasteiger partial charge in [0.05, 0.1) is 0 Å². The zero-order valence-corrected chi connectivity index (χ0v) is 12.9. The molecule has 1 aromatic carbocycles. The molecule has 1 aliphatic carbocycles. The van der Waals surface area contributed by atoms with Crippen LogP contribution < -0.4 is 5.32 Å². The van der Waals surface area contributed by atoms with Crippen molar-refractivity contribution in [3.63, 3.8) is 0 Å². The predicted molar refractivity (Wildman–Crippen MR) is 80.2 cm³/mol. The number of aryl methyl sites for hydroxylation is 1. The van der Waals surface area contributed by atoms with Crippen molar-refractivity contribution in [2.45, 2.75) is 52.2 Å². The molecule has 0 radical (unpaired) electrons. The average Bonchev–Trinajstić information content (AvgIpc) is 3.09. The molecule has 1 atom stereocenters. The van der Waals surface area contributed by atoms with E-state index in [1.54, 1.807) is 0 Å². The van der Waals surface area contributed by atoms with Crippen LogP contribution in [-0.2, 0) is 4.79 Å². The summed E-state index contributed by atoms with van der Waals surface area (Å²) >= 11 is 0. The molecule has 1 heterocycles. The number of hydrogen-bond acceptors (Lipinski definition) is 2. The quantitative estimate of drug-likeness (QED) is 0.897. The Hall–Kier alpha value is -1.35. The van der Waals surface area contributed by atoms with Crippen LogP contribution in [0.2, 0.25) is 0 Å². The maximum atomic E-state index is 12.7. The summed E-state index contributed by atoms with van der Waals surface area (Å²) in [7, 11) is 0. The first-order valence-electron chi connectivity index (χ1n) is 7.46. The van der Waals surface area contributed by atoms with Gasteiger partial charge in [0, 0.05) is 6.54 Å². The minimum Gasteiger partial charge on any atom is -0.321 e. The Labute approximate surface area is 121 Å². The smallest absolute Gasteiger partial charge is 0.244 e. The first-order valence-corrected chi connectivity index (χ1v) is 7.46. The third-order valence-corrected chi connectivity index (χ3v) is 4.18. The fourth-order valence-electron chi connectivity index (χ4n) is 2.96. The lowest BCUT2D eigenvalue weighted by Crippen LogP contribution is -2.38. The summed E-state index contributed by atoms with van der Waals surface area (Å²) < 4.78 is 0. The van der Waals surface area contributed by atoms with Crippen LogP contribution in [0.1, 0.15) is 50.9 Å². The van der Waals surface area contributed by atoms with Crippen molar-refractivity contribution < 1.29 is 4.79 Å². The number of benzene rings is 1. The second kappa shape index (κ2) is 4.32. The third kappa shape index (κ3) is 2.35. The van der Waals surface area contributed by atoms with E-state index in [4.69, 9.17) is 0 Å². The van der Waals surface area contributed by atoms with E-state index in [-0.39, 0.29) is 23.0 Å². The van der Waals surface area contributed by atoms with Gasteiger partial charge < -0.3 is 4.90 Å². The Morgan fingerprint density at radius 2 is 1.85 bits per heavy atom. The molecule has 20 heavy (non-hydrogen) atoms. The highest BCUT2D eigenvalue weighted by Gasteiger charge is 2.59. The molecule has 1 saturated carbocycles. The topological polar surface area (TPSA) is 32.3 Å². The summed E-state index contributed by atoms with van der Waals surface area (Å²) in [6.07, 6.45) is 1.99. The van der Waals surface area contributed by atoms with Crippen LogP contribution in [0.4, 0.5) is 0 Å². The molecule has 3 rings (SSSR count). The highest BCUT2D eigenvalue weighted by Crippen LogP contribution is 2.46. The SMILES string of the molecule is Cc1ccc(C2NC3(CC3)C(=O)N2CC(C)(C)C)cc1. The first kappa shape index (κ1) is 13.6. The van der Waals surface area contributed by atoms with Gasteiger partial charge >= 0.3 is 0 Å². The highest BCUT2D eigenvalue weighted by atomic mass is 16.2. The third-order valence-electron chi connectivity index (χ3n) is 4.18. The number of hydrogen-bond donors (Lipinski definition) is 1. The lowest BCUT2D eigenvalue weighted by atomic mass is 9.95. The zero-order chi connectivity index (χ0) is 14.5. The van der Waals surface area contributed by atoms with E-state index < -0.39 is 0 Å². The standard InChI is InChI=1S/C17H24N2O/c1-12-5-7-13(8-6-12)14-18-17(9-10-17)15(20)19(14)11-16(2,3)4/h5-8,14,18H,9-11H2,1-4H3. The number of amides is 1. The summed E-state index contributed by atoms with van der Waals surface area (Å²) in [5.41, 5.74) is 2.31. The van der Waals surface area contributed by atoms with Gasteiger partial charge in [-0.05, 0) is 30.7 Å². The van der Waals surface area contributed by atoms with Crippen LogP contribution in [0.3, 0.4) is 0 Å². The van der Waals surface area contributed by atoms with Crippen molar-refractivity contribution in [1.82, 2.24) is 10.2 Å². The van der Waals surface area contributed by atoms with Gasteiger partial charge in [0.25, 0.3) is 0 Å². The molecule has 1 N–H and O–H groups in total. The van der Waals surface area contributed by atoms with Crippen molar-refractivity contribution in [2.24, 2.45) is 5.41 Å². The molecule has 108 valence electrons. The molecule has 3 heteroatoms. The van der Waals surface area contributed by atoms with Crippen LogP contribution in [-0.4, -0.2) is 22.9 Å². The lowest BCUT2D eigenvalue weighted by molar-refractivity contribution is -0.132. The molecule has 2 fully saturated rings. The van der Waals surface area contributed by atoms with E-state index >= 15 is 0 Å². The Morgan fingerprint density at radius 3 is 2.35 bits per heavy atom. The fourth-order valence-corrected chi connectivity index (χ4v) is 2.96. The van der Waals surface area contributed by atoms with Gasteiger partial charge in [-0.2, -0.15) is 0 Å². The Morgan fingerprint density at radius 1 is 1.25 bits per heavy atom. The number of nitrogens with zero attached hydrogens (tertiary/aromatic N) is 1. The number of nitrogens with one attached hydrogen (secondary N) is 1. The fraction of sp³-hybridized carbons (Fsp3) is 0.588. The average molecular weight is 272 g/mol. The Balaban J connectivity index is 1.91. The van der Waals surface area contributed by atoms with Gasteiger partial charge in [-0.1, -0.05) is 50.6 Å². The van der Waals surface area contributed by atoms with Gasteiger partial charge in [-0.25, -0.2) is 0 Å². The van der Waals surface area contributed by atoms with Crippen LogP contribution >= 0.6 is 0 Å². The molecule has 0 bridgehead atoms. The Bertz CT molecular complexity index is 523. The van der Waals surface area contributed by atoms with Gasteiger partial charge in [0.15, 0.2) is 0 Å². The summed E-state index contributed by atoms with van der Waals surface area (Å²) in [6.45, 7) is 9.44. The van der Waals surface area contributed by atoms with Crippen molar-refractivity contribution >= 4 is 5.91 Å². The highest BCUT2D eigenvalue weighted by molar-refractivity contribution is 5.92. The molecular weight excluding hydrogens is 248 g/mol. The zero-order valence-electron chi connectivity index (χ0n) is 12.9. The maximum absolute atomic E-state index is 12.7. The molecule has 0 aromatic heterocycles. The summed E-state index contributed by atoms with van der Waals surface area (Å²) in [6, 6.07) is 8.51. The molecule has 1 saturated heterocycles.